The Morgan fingerprint density at radius 1 is 1.53 bits per heavy atom. The lowest BCUT2D eigenvalue weighted by molar-refractivity contribution is 0.0942. The van der Waals surface area contributed by atoms with Gasteiger partial charge in [-0.3, -0.25) is 4.79 Å². The Bertz CT molecular complexity index is 486. The Kier molecular flexibility index (Phi) is 5.17. The Morgan fingerprint density at radius 2 is 2.21 bits per heavy atom. The molecule has 0 aromatic heterocycles. The van der Waals surface area contributed by atoms with Crippen molar-refractivity contribution in [2.24, 2.45) is 10.9 Å². The highest BCUT2D eigenvalue weighted by Gasteiger charge is 2.19. The maximum Gasteiger partial charge on any atom is 0.255 e. The second-order valence-corrected chi connectivity index (χ2v) is 4.31. The molecule has 0 saturated heterocycles. The third kappa shape index (κ3) is 3.61. The predicted molar refractivity (Wildman–Crippen MR) is 72.4 cm³/mol. The number of oxime groups is 1. The van der Waals surface area contributed by atoms with Crippen molar-refractivity contribution in [2.75, 3.05) is 0 Å². The van der Waals surface area contributed by atoms with Gasteiger partial charge in [0.2, 0.25) is 0 Å². The molecule has 6 nitrogen and oxygen atoms in total. The number of amides is 1. The molecule has 1 aromatic carbocycles. The Balaban J connectivity index is 2.91. The van der Waals surface area contributed by atoms with E-state index in [9.17, 15) is 9.90 Å². The zero-order valence-corrected chi connectivity index (χ0v) is 11.1. The summed E-state index contributed by atoms with van der Waals surface area (Å²) in [6.45, 7) is 3.63. The first-order valence-corrected chi connectivity index (χ1v) is 6.08. The largest absolute Gasteiger partial charge is 0.507 e. The first-order chi connectivity index (χ1) is 9.01. The number of aryl methyl sites for hydroxylation is 1. The van der Waals surface area contributed by atoms with Crippen molar-refractivity contribution >= 4 is 11.7 Å². The van der Waals surface area contributed by atoms with E-state index in [0.717, 1.165) is 6.42 Å². The molecule has 6 heteroatoms. The number of nitrogens with two attached hydrogens (primary N) is 1. The number of carbonyl (C=O) groups excluding carboxylic acids is 1. The van der Waals surface area contributed by atoms with Crippen molar-refractivity contribution in [1.29, 1.82) is 0 Å². The normalized spacial score (nSPS) is 13.1. The maximum atomic E-state index is 12.1. The fourth-order valence-electron chi connectivity index (χ4n) is 1.73. The molecule has 1 aromatic rings. The van der Waals surface area contributed by atoms with E-state index in [-0.39, 0.29) is 17.1 Å². The fraction of sp³-hybridized carbons (Fsp3) is 0.385. The van der Waals surface area contributed by atoms with Gasteiger partial charge in [0.15, 0.2) is 5.84 Å². The van der Waals surface area contributed by atoms with Crippen LogP contribution in [0.1, 0.15) is 35.7 Å². The number of para-hydroxylation sites is 1. The molecule has 0 heterocycles. The minimum atomic E-state index is -0.553. The number of nitrogens with one attached hydrogen (secondary N) is 1. The molecule has 0 aliphatic rings. The number of benzene rings is 1. The van der Waals surface area contributed by atoms with Gasteiger partial charge in [-0.2, -0.15) is 0 Å². The van der Waals surface area contributed by atoms with E-state index in [0.29, 0.717) is 12.0 Å². The number of nitrogens with zero attached hydrogens (tertiary/aromatic N) is 1. The lowest BCUT2D eigenvalue weighted by atomic mass is 10.1. The highest BCUT2D eigenvalue weighted by Crippen LogP contribution is 2.21. The van der Waals surface area contributed by atoms with Crippen LogP contribution in [0.5, 0.6) is 5.75 Å². The summed E-state index contributed by atoms with van der Waals surface area (Å²) >= 11 is 0. The van der Waals surface area contributed by atoms with E-state index >= 15 is 0 Å². The molecule has 0 fully saturated rings. The number of rotatable bonds is 5. The SMILES string of the molecule is CCCC(NC(=O)c1cccc(C)c1O)/C(N)=N/O. The van der Waals surface area contributed by atoms with Crippen LogP contribution in [0.3, 0.4) is 0 Å². The summed E-state index contributed by atoms with van der Waals surface area (Å²) in [6.07, 6.45) is 1.31. The van der Waals surface area contributed by atoms with Crippen molar-refractivity contribution in [3.8, 4) is 5.75 Å². The molecule has 1 atom stereocenters. The summed E-state index contributed by atoms with van der Waals surface area (Å²) in [7, 11) is 0. The van der Waals surface area contributed by atoms with E-state index in [4.69, 9.17) is 10.9 Å². The lowest BCUT2D eigenvalue weighted by Crippen LogP contribution is -2.44. The Morgan fingerprint density at radius 3 is 2.79 bits per heavy atom. The van der Waals surface area contributed by atoms with Gasteiger partial charge in [0.1, 0.15) is 5.75 Å². The van der Waals surface area contributed by atoms with Gasteiger partial charge >= 0.3 is 0 Å². The van der Waals surface area contributed by atoms with Crippen LogP contribution in [0.25, 0.3) is 0 Å². The molecule has 1 rings (SSSR count). The Labute approximate surface area is 111 Å². The quantitative estimate of drug-likeness (QED) is 0.279. The van der Waals surface area contributed by atoms with Crippen LogP contribution in [0, 0.1) is 6.92 Å². The molecule has 0 aliphatic carbocycles. The van der Waals surface area contributed by atoms with Crippen molar-refractivity contribution in [3.05, 3.63) is 29.3 Å². The summed E-state index contributed by atoms with van der Waals surface area (Å²) in [5, 5.41) is 24.1. The predicted octanol–water partition coefficient (Wildman–Crippen LogP) is 1.35. The highest BCUT2D eigenvalue weighted by atomic mass is 16.4. The van der Waals surface area contributed by atoms with E-state index < -0.39 is 11.9 Å². The molecule has 0 bridgehead atoms. The fourth-order valence-corrected chi connectivity index (χ4v) is 1.73. The summed E-state index contributed by atoms with van der Waals surface area (Å²) in [4.78, 5) is 12.1. The lowest BCUT2D eigenvalue weighted by Gasteiger charge is -2.17. The van der Waals surface area contributed by atoms with E-state index in [1.165, 1.54) is 6.07 Å². The van der Waals surface area contributed by atoms with Gasteiger partial charge in [-0.25, -0.2) is 0 Å². The molecule has 0 aliphatic heterocycles. The minimum absolute atomic E-state index is 0.0534. The second-order valence-electron chi connectivity index (χ2n) is 4.31. The van der Waals surface area contributed by atoms with Crippen LogP contribution in [0.15, 0.2) is 23.4 Å². The zero-order valence-electron chi connectivity index (χ0n) is 11.1. The molecular weight excluding hydrogens is 246 g/mol. The summed E-state index contributed by atoms with van der Waals surface area (Å²) < 4.78 is 0. The zero-order chi connectivity index (χ0) is 14.4. The average Bonchev–Trinajstić information content (AvgIpc) is 2.40. The number of amidine groups is 1. The van der Waals surface area contributed by atoms with Gasteiger partial charge in [0.05, 0.1) is 11.6 Å². The molecule has 0 spiro atoms. The molecule has 0 saturated carbocycles. The van der Waals surface area contributed by atoms with Crippen LogP contribution in [-0.2, 0) is 0 Å². The van der Waals surface area contributed by atoms with Gasteiger partial charge in [-0.05, 0) is 25.0 Å². The molecule has 0 radical (unpaired) electrons. The second kappa shape index (κ2) is 6.63. The van der Waals surface area contributed by atoms with Crippen LogP contribution in [0.2, 0.25) is 0 Å². The van der Waals surface area contributed by atoms with Crippen molar-refractivity contribution in [1.82, 2.24) is 5.32 Å². The molecule has 1 unspecified atom stereocenters. The number of carbonyl (C=O) groups is 1. The molecule has 104 valence electrons. The van der Waals surface area contributed by atoms with Crippen molar-refractivity contribution in [2.45, 2.75) is 32.7 Å². The first kappa shape index (κ1) is 14.8. The van der Waals surface area contributed by atoms with Gasteiger partial charge in [-0.15, -0.1) is 0 Å². The smallest absolute Gasteiger partial charge is 0.255 e. The van der Waals surface area contributed by atoms with Crippen LogP contribution in [-0.4, -0.2) is 28.1 Å². The minimum Gasteiger partial charge on any atom is -0.507 e. The maximum absolute atomic E-state index is 12.1. The summed E-state index contributed by atoms with van der Waals surface area (Å²) in [5.74, 6) is -0.566. The third-order valence-electron chi connectivity index (χ3n) is 2.84. The van der Waals surface area contributed by atoms with Gasteiger partial charge in [0, 0.05) is 0 Å². The molecular formula is C13H19N3O3. The average molecular weight is 265 g/mol. The number of aromatic hydroxyl groups is 1. The van der Waals surface area contributed by atoms with Gasteiger partial charge in [0.25, 0.3) is 5.91 Å². The molecule has 5 N–H and O–H groups in total. The number of phenols is 1. The molecule has 19 heavy (non-hydrogen) atoms. The van der Waals surface area contributed by atoms with Gasteiger partial charge < -0.3 is 21.4 Å². The van der Waals surface area contributed by atoms with Crippen LogP contribution >= 0.6 is 0 Å². The summed E-state index contributed by atoms with van der Waals surface area (Å²) in [5.41, 5.74) is 6.31. The summed E-state index contributed by atoms with van der Waals surface area (Å²) in [6, 6.07) is 4.36. The van der Waals surface area contributed by atoms with Crippen LogP contribution < -0.4 is 11.1 Å². The Hall–Kier alpha value is -2.24. The van der Waals surface area contributed by atoms with Gasteiger partial charge in [-0.1, -0.05) is 30.6 Å². The van der Waals surface area contributed by atoms with E-state index in [1.807, 2.05) is 6.92 Å². The number of phenolic OH excluding ortho intramolecular Hbond substituents is 1. The third-order valence-corrected chi connectivity index (χ3v) is 2.84. The number of hydrogen-bond donors (Lipinski definition) is 4. The monoisotopic (exact) mass is 265 g/mol. The van der Waals surface area contributed by atoms with Crippen molar-refractivity contribution < 1.29 is 15.1 Å². The first-order valence-electron chi connectivity index (χ1n) is 6.08. The topological polar surface area (TPSA) is 108 Å². The number of hydrogen-bond acceptors (Lipinski definition) is 4. The standard InChI is InChI=1S/C13H19N3O3/c1-3-5-10(12(14)16-19)15-13(18)9-7-4-6-8(2)11(9)17/h4,6-7,10,17,19H,3,5H2,1-2H3,(H2,14,16)(H,15,18). The highest BCUT2D eigenvalue weighted by molar-refractivity contribution is 6.00. The van der Waals surface area contributed by atoms with E-state index in [2.05, 4.69) is 10.5 Å². The van der Waals surface area contributed by atoms with Crippen molar-refractivity contribution in [3.63, 3.8) is 0 Å². The van der Waals surface area contributed by atoms with E-state index in [1.54, 1.807) is 19.1 Å². The van der Waals surface area contributed by atoms with Crippen LogP contribution in [0.4, 0.5) is 0 Å². The molecule has 1 amide bonds.